The summed E-state index contributed by atoms with van der Waals surface area (Å²) in [6, 6.07) is 26.9. The maximum Gasteiger partial charge on any atom is 0.234 e. The predicted molar refractivity (Wildman–Crippen MR) is 118 cm³/mol. The van der Waals surface area contributed by atoms with Crippen molar-refractivity contribution >= 4 is 35.1 Å². The van der Waals surface area contributed by atoms with E-state index in [9.17, 15) is 4.79 Å². The Morgan fingerprint density at radius 3 is 2.15 bits per heavy atom. The number of anilines is 1. The number of aryl methyl sites for hydroxylation is 1. The van der Waals surface area contributed by atoms with Crippen LogP contribution in [0.15, 0.2) is 83.8 Å². The van der Waals surface area contributed by atoms with Crippen LogP contribution in [0.1, 0.15) is 16.7 Å². The van der Waals surface area contributed by atoms with Gasteiger partial charge in [0.15, 0.2) is 0 Å². The first-order valence-corrected chi connectivity index (χ1v) is 11.0. The van der Waals surface area contributed by atoms with Crippen molar-refractivity contribution in [2.24, 2.45) is 0 Å². The fourth-order valence-corrected chi connectivity index (χ4v) is 4.17. The highest BCUT2D eigenvalue weighted by Gasteiger charge is 2.04. The molecule has 0 unspecified atom stereocenters. The smallest absolute Gasteiger partial charge is 0.234 e. The number of thioether (sulfide) groups is 2. The highest BCUT2D eigenvalue weighted by molar-refractivity contribution is 7.99. The second-order valence-corrected chi connectivity index (χ2v) is 8.36. The average molecular weight is 394 g/mol. The molecule has 0 heterocycles. The van der Waals surface area contributed by atoms with E-state index >= 15 is 0 Å². The Morgan fingerprint density at radius 1 is 0.815 bits per heavy atom. The van der Waals surface area contributed by atoms with Crippen LogP contribution in [-0.4, -0.2) is 11.7 Å². The van der Waals surface area contributed by atoms with Crippen LogP contribution in [-0.2, 0) is 16.3 Å². The number of nitrogens with one attached hydrogen (secondary N) is 1. The number of amides is 1. The highest BCUT2D eigenvalue weighted by Crippen LogP contribution is 2.23. The molecule has 3 rings (SSSR count). The Morgan fingerprint density at radius 2 is 1.44 bits per heavy atom. The Labute approximate surface area is 169 Å². The molecule has 3 aromatic rings. The number of benzene rings is 3. The molecule has 2 nitrogen and oxygen atoms in total. The Hall–Kier alpha value is -2.17. The Kier molecular flexibility index (Phi) is 7.43. The van der Waals surface area contributed by atoms with Gasteiger partial charge in [0, 0.05) is 22.1 Å². The van der Waals surface area contributed by atoms with Crippen molar-refractivity contribution < 1.29 is 4.79 Å². The molecular weight excluding hydrogens is 370 g/mol. The number of carbonyl (C=O) groups excluding carboxylic acids is 1. The molecule has 4 heteroatoms. The summed E-state index contributed by atoms with van der Waals surface area (Å²) in [4.78, 5) is 13.4. The molecule has 1 N–H and O–H groups in total. The fourth-order valence-electron chi connectivity index (χ4n) is 2.51. The minimum atomic E-state index is 0.0403. The van der Waals surface area contributed by atoms with E-state index in [4.69, 9.17) is 0 Å². The first kappa shape index (κ1) is 19.6. The zero-order valence-electron chi connectivity index (χ0n) is 15.4. The zero-order chi connectivity index (χ0) is 18.9. The van der Waals surface area contributed by atoms with Gasteiger partial charge in [-0.15, -0.1) is 23.5 Å². The molecular formula is C23H23NOS2. The van der Waals surface area contributed by atoms with Gasteiger partial charge in [-0.25, -0.2) is 0 Å². The van der Waals surface area contributed by atoms with Gasteiger partial charge < -0.3 is 5.32 Å². The summed E-state index contributed by atoms with van der Waals surface area (Å²) < 4.78 is 0. The zero-order valence-corrected chi connectivity index (χ0v) is 17.0. The number of hydrogen-bond donors (Lipinski definition) is 1. The van der Waals surface area contributed by atoms with Crippen LogP contribution in [0.2, 0.25) is 0 Å². The minimum absolute atomic E-state index is 0.0403. The summed E-state index contributed by atoms with van der Waals surface area (Å²) in [6.07, 6.45) is 0. The number of carbonyl (C=O) groups is 1. The third-order valence-corrected chi connectivity index (χ3v) is 6.10. The first-order chi connectivity index (χ1) is 13.2. The summed E-state index contributed by atoms with van der Waals surface area (Å²) in [6.45, 7) is 2.08. The lowest BCUT2D eigenvalue weighted by Gasteiger charge is -2.07. The molecule has 0 saturated heterocycles. The number of rotatable bonds is 8. The van der Waals surface area contributed by atoms with Gasteiger partial charge in [0.25, 0.3) is 0 Å². The third kappa shape index (κ3) is 6.81. The van der Waals surface area contributed by atoms with Crippen molar-refractivity contribution in [2.45, 2.75) is 23.3 Å². The van der Waals surface area contributed by atoms with Gasteiger partial charge >= 0.3 is 0 Å². The molecule has 1 amide bonds. The van der Waals surface area contributed by atoms with Crippen LogP contribution < -0.4 is 5.32 Å². The van der Waals surface area contributed by atoms with E-state index in [1.807, 2.05) is 30.0 Å². The monoisotopic (exact) mass is 393 g/mol. The van der Waals surface area contributed by atoms with Crippen molar-refractivity contribution in [2.75, 3.05) is 11.1 Å². The Balaban J connectivity index is 1.40. The maximum atomic E-state index is 12.1. The average Bonchev–Trinajstić information content (AvgIpc) is 2.70. The molecule has 3 aromatic carbocycles. The third-order valence-electron chi connectivity index (χ3n) is 4.01. The van der Waals surface area contributed by atoms with Gasteiger partial charge in [-0.05, 0) is 42.3 Å². The summed E-state index contributed by atoms with van der Waals surface area (Å²) >= 11 is 3.45. The van der Waals surface area contributed by atoms with E-state index < -0.39 is 0 Å². The van der Waals surface area contributed by atoms with E-state index in [0.29, 0.717) is 5.75 Å². The molecule has 138 valence electrons. The van der Waals surface area contributed by atoms with Gasteiger partial charge in [0.1, 0.15) is 0 Å². The molecule has 0 aliphatic rings. The lowest BCUT2D eigenvalue weighted by atomic mass is 10.2. The fraction of sp³-hybridized carbons (Fsp3) is 0.174. The van der Waals surface area contributed by atoms with Gasteiger partial charge in [0.05, 0.1) is 5.75 Å². The SMILES string of the molecule is Cc1ccc(CSCC(=O)Nc2ccc(CSc3ccccc3)cc2)cc1. The molecule has 0 atom stereocenters. The van der Waals surface area contributed by atoms with Crippen LogP contribution in [0.5, 0.6) is 0 Å². The maximum absolute atomic E-state index is 12.1. The Bertz CT molecular complexity index is 846. The van der Waals surface area contributed by atoms with Crippen LogP contribution in [0.25, 0.3) is 0 Å². The standard InChI is InChI=1S/C23H23NOS2/c1-18-7-9-19(10-8-18)15-26-17-23(25)24-21-13-11-20(12-14-21)16-27-22-5-3-2-4-6-22/h2-14H,15-17H2,1H3,(H,24,25). The lowest BCUT2D eigenvalue weighted by molar-refractivity contribution is -0.113. The van der Waals surface area contributed by atoms with Gasteiger partial charge in [-0.2, -0.15) is 0 Å². The van der Waals surface area contributed by atoms with Crippen molar-refractivity contribution in [1.29, 1.82) is 0 Å². The largest absolute Gasteiger partial charge is 0.325 e. The number of hydrogen-bond acceptors (Lipinski definition) is 3. The van der Waals surface area contributed by atoms with Crippen molar-refractivity contribution in [1.82, 2.24) is 0 Å². The van der Waals surface area contributed by atoms with Crippen LogP contribution in [0, 0.1) is 6.92 Å². The van der Waals surface area contributed by atoms with Crippen LogP contribution in [0.3, 0.4) is 0 Å². The van der Waals surface area contributed by atoms with Gasteiger partial charge in [-0.3, -0.25) is 4.79 Å². The van der Waals surface area contributed by atoms with Crippen molar-refractivity contribution in [3.05, 3.63) is 95.6 Å². The van der Waals surface area contributed by atoms with E-state index in [-0.39, 0.29) is 5.91 Å². The summed E-state index contributed by atoms with van der Waals surface area (Å²) in [5.41, 5.74) is 4.60. The quantitative estimate of drug-likeness (QED) is 0.465. The van der Waals surface area contributed by atoms with E-state index in [2.05, 4.69) is 72.9 Å². The minimum Gasteiger partial charge on any atom is -0.325 e. The summed E-state index contributed by atoms with van der Waals surface area (Å²) in [5, 5.41) is 2.97. The molecule has 27 heavy (non-hydrogen) atoms. The second-order valence-electron chi connectivity index (χ2n) is 6.33. The second kappa shape index (κ2) is 10.2. The van der Waals surface area contributed by atoms with Crippen LogP contribution in [0.4, 0.5) is 5.69 Å². The van der Waals surface area contributed by atoms with E-state index in [0.717, 1.165) is 17.2 Å². The highest BCUT2D eigenvalue weighted by atomic mass is 32.2. The van der Waals surface area contributed by atoms with Crippen LogP contribution >= 0.6 is 23.5 Å². The summed E-state index contributed by atoms with van der Waals surface area (Å²) in [7, 11) is 0. The van der Waals surface area contributed by atoms with E-state index in [1.54, 1.807) is 11.8 Å². The molecule has 0 saturated carbocycles. The molecule has 0 aliphatic carbocycles. The topological polar surface area (TPSA) is 29.1 Å². The normalized spacial score (nSPS) is 10.6. The molecule has 0 radical (unpaired) electrons. The van der Waals surface area contributed by atoms with Crippen molar-refractivity contribution in [3.8, 4) is 0 Å². The van der Waals surface area contributed by atoms with Crippen molar-refractivity contribution in [3.63, 3.8) is 0 Å². The molecule has 0 spiro atoms. The van der Waals surface area contributed by atoms with E-state index in [1.165, 1.54) is 21.6 Å². The summed E-state index contributed by atoms with van der Waals surface area (Å²) in [5.74, 6) is 2.27. The van der Waals surface area contributed by atoms with Gasteiger partial charge in [0.2, 0.25) is 5.91 Å². The molecule has 0 aliphatic heterocycles. The molecule has 0 aromatic heterocycles. The predicted octanol–water partition coefficient (Wildman–Crippen LogP) is 6.16. The molecule has 0 bridgehead atoms. The molecule has 0 fully saturated rings. The van der Waals surface area contributed by atoms with Gasteiger partial charge in [-0.1, -0.05) is 60.2 Å². The lowest BCUT2D eigenvalue weighted by Crippen LogP contribution is -2.14. The first-order valence-electron chi connectivity index (χ1n) is 8.89.